The van der Waals surface area contributed by atoms with Crippen molar-refractivity contribution < 1.29 is 44.2 Å². The van der Waals surface area contributed by atoms with Gasteiger partial charge >= 0.3 is 5.97 Å². The maximum atomic E-state index is 12.5. The molecule has 0 unspecified atom stereocenters. The minimum atomic E-state index is -4.11. The third-order valence-electron chi connectivity index (χ3n) is 4.48. The van der Waals surface area contributed by atoms with Crippen LogP contribution in [-0.4, -0.2) is 66.5 Å². The molecule has 0 spiro atoms. The highest BCUT2D eigenvalue weighted by atomic mass is 32.2. The number of carbonyl (C=O) groups is 1. The molecule has 3 rings (SSSR count). The number of benzene rings is 2. The van der Waals surface area contributed by atoms with E-state index in [0.717, 1.165) is 18.1 Å². The first-order valence-electron chi connectivity index (χ1n) is 9.81. The van der Waals surface area contributed by atoms with Crippen molar-refractivity contribution in [2.75, 3.05) is 19.1 Å². The second kappa shape index (κ2) is 10.7. The van der Waals surface area contributed by atoms with Crippen molar-refractivity contribution in [2.45, 2.75) is 31.2 Å². The quantitative estimate of drug-likeness (QED) is 0.368. The van der Waals surface area contributed by atoms with E-state index in [1.54, 1.807) is 42.5 Å². The van der Waals surface area contributed by atoms with Gasteiger partial charge in [-0.2, -0.15) is 16.8 Å². The minimum absolute atomic E-state index is 0.0230. The summed E-state index contributed by atoms with van der Waals surface area (Å²) in [4.78, 5) is 12.5. The average Bonchev–Trinajstić information content (AvgIpc) is 2.75. The minimum Gasteiger partial charge on any atom is -0.453 e. The Labute approximate surface area is 192 Å². The molecule has 1 heterocycles. The smallest absolute Gasteiger partial charge is 0.338 e. The van der Waals surface area contributed by atoms with E-state index in [9.17, 15) is 21.6 Å². The summed E-state index contributed by atoms with van der Waals surface area (Å²) in [5.74, 6) is -0.770. The van der Waals surface area contributed by atoms with E-state index in [1.165, 1.54) is 12.1 Å². The van der Waals surface area contributed by atoms with E-state index in [0.29, 0.717) is 0 Å². The first-order valence-corrected chi connectivity index (χ1v) is 13.4. The van der Waals surface area contributed by atoms with Crippen molar-refractivity contribution in [1.82, 2.24) is 0 Å². The van der Waals surface area contributed by atoms with Crippen LogP contribution in [0.3, 0.4) is 0 Å². The van der Waals surface area contributed by atoms with Gasteiger partial charge in [0.1, 0.15) is 6.10 Å². The van der Waals surface area contributed by atoms with Crippen LogP contribution in [0.15, 0.2) is 60.7 Å². The first-order chi connectivity index (χ1) is 15.5. The Morgan fingerprint density at radius 2 is 1.42 bits per heavy atom. The fourth-order valence-corrected chi connectivity index (χ4v) is 4.38. The number of carbonyl (C=O) groups excluding carboxylic acids is 1. The summed E-state index contributed by atoms with van der Waals surface area (Å²) in [5.41, 5.74) is 0.969. The van der Waals surface area contributed by atoms with Gasteiger partial charge < -0.3 is 14.2 Å². The van der Waals surface area contributed by atoms with Crippen molar-refractivity contribution >= 4 is 26.2 Å². The SMILES string of the molecule is CS(=O)(=O)O[C@@H]1[C@@H](OS(C)(=O)=O)[C@@H](OCc2ccccc2)OC[C@@H]1OC(=O)c1ccccc1. The molecule has 12 heteroatoms. The standard InChI is InChI=1S/C21H24O10S2/c1-32(23,24)30-18-17(29-20(22)16-11-7-4-8-12-16)14-28-21(19(18)31-33(2,25)26)27-13-15-9-5-3-6-10-15/h3-12,17-19,21H,13-14H2,1-2H3/t17-,18-,19+,21-/m0/s1. The third kappa shape index (κ3) is 7.88. The summed E-state index contributed by atoms with van der Waals surface area (Å²) in [7, 11) is -8.22. The van der Waals surface area contributed by atoms with Gasteiger partial charge in [-0.3, -0.25) is 8.37 Å². The highest BCUT2D eigenvalue weighted by Gasteiger charge is 2.48. The summed E-state index contributed by atoms with van der Waals surface area (Å²) in [6, 6.07) is 16.9. The molecule has 0 amide bonds. The Balaban J connectivity index is 1.86. The Kier molecular flexibility index (Phi) is 8.21. The van der Waals surface area contributed by atoms with Gasteiger partial charge in [0.25, 0.3) is 20.2 Å². The largest absolute Gasteiger partial charge is 0.453 e. The van der Waals surface area contributed by atoms with Crippen molar-refractivity contribution in [3.8, 4) is 0 Å². The molecule has 1 aliphatic heterocycles. The van der Waals surface area contributed by atoms with E-state index in [4.69, 9.17) is 22.6 Å². The lowest BCUT2D eigenvalue weighted by molar-refractivity contribution is -0.260. The van der Waals surface area contributed by atoms with Gasteiger partial charge in [-0.1, -0.05) is 48.5 Å². The molecule has 2 aromatic carbocycles. The van der Waals surface area contributed by atoms with E-state index in [-0.39, 0.29) is 18.8 Å². The predicted octanol–water partition coefficient (Wildman–Crippen LogP) is 1.47. The first kappa shape index (κ1) is 25.3. The zero-order chi connectivity index (χ0) is 24.1. The summed E-state index contributed by atoms with van der Waals surface area (Å²) in [5, 5.41) is 0. The maximum absolute atomic E-state index is 12.5. The Morgan fingerprint density at radius 1 is 0.879 bits per heavy atom. The molecule has 0 bridgehead atoms. The zero-order valence-electron chi connectivity index (χ0n) is 17.9. The fourth-order valence-electron chi connectivity index (χ4n) is 3.14. The molecule has 0 N–H and O–H groups in total. The van der Waals surface area contributed by atoms with Crippen LogP contribution in [0.1, 0.15) is 15.9 Å². The monoisotopic (exact) mass is 500 g/mol. The van der Waals surface area contributed by atoms with Gasteiger partial charge in [-0.15, -0.1) is 0 Å². The van der Waals surface area contributed by atoms with Gasteiger partial charge in [-0.05, 0) is 17.7 Å². The zero-order valence-corrected chi connectivity index (χ0v) is 19.5. The summed E-state index contributed by atoms with van der Waals surface area (Å²) in [6.45, 7) is -0.295. The van der Waals surface area contributed by atoms with Crippen LogP contribution in [0, 0.1) is 0 Å². The molecule has 1 saturated heterocycles. The molecule has 10 nitrogen and oxygen atoms in total. The molecular weight excluding hydrogens is 476 g/mol. The van der Waals surface area contributed by atoms with Crippen molar-refractivity contribution in [1.29, 1.82) is 0 Å². The molecule has 1 fully saturated rings. The second-order valence-corrected chi connectivity index (χ2v) is 10.5. The van der Waals surface area contributed by atoms with Crippen LogP contribution in [-0.2, 0) is 49.4 Å². The summed E-state index contributed by atoms with van der Waals surface area (Å²) >= 11 is 0. The van der Waals surface area contributed by atoms with Crippen LogP contribution in [0.5, 0.6) is 0 Å². The number of ether oxygens (including phenoxy) is 3. The number of hydrogen-bond donors (Lipinski definition) is 0. The highest BCUT2D eigenvalue weighted by Crippen LogP contribution is 2.28. The summed E-state index contributed by atoms with van der Waals surface area (Å²) in [6.07, 6.45) is -4.15. The molecule has 180 valence electrons. The lowest BCUT2D eigenvalue weighted by atomic mass is 10.1. The van der Waals surface area contributed by atoms with Gasteiger partial charge in [-0.25, -0.2) is 4.79 Å². The van der Waals surface area contributed by atoms with Crippen molar-refractivity contribution in [3.05, 3.63) is 71.8 Å². The topological polar surface area (TPSA) is 132 Å². The summed E-state index contributed by atoms with van der Waals surface area (Å²) < 4.78 is 74.7. The molecule has 0 radical (unpaired) electrons. The van der Waals surface area contributed by atoms with Crippen LogP contribution in [0.2, 0.25) is 0 Å². The van der Waals surface area contributed by atoms with Crippen LogP contribution < -0.4 is 0 Å². The van der Waals surface area contributed by atoms with Gasteiger partial charge in [0.2, 0.25) is 0 Å². The Bertz CT molecular complexity index is 1130. The number of rotatable bonds is 9. The number of esters is 1. The fraction of sp³-hybridized carbons (Fsp3) is 0.381. The second-order valence-electron chi connectivity index (χ2n) is 7.34. The lowest BCUT2D eigenvalue weighted by Gasteiger charge is -2.39. The van der Waals surface area contributed by atoms with E-state index in [2.05, 4.69) is 0 Å². The maximum Gasteiger partial charge on any atom is 0.338 e. The Morgan fingerprint density at radius 3 is 2.00 bits per heavy atom. The van der Waals surface area contributed by atoms with Gasteiger partial charge in [0, 0.05) is 0 Å². The average molecular weight is 501 g/mol. The highest BCUT2D eigenvalue weighted by molar-refractivity contribution is 7.86. The van der Waals surface area contributed by atoms with Crippen molar-refractivity contribution in [3.63, 3.8) is 0 Å². The third-order valence-corrected chi connectivity index (χ3v) is 5.62. The molecule has 2 aromatic rings. The molecule has 0 saturated carbocycles. The van der Waals surface area contributed by atoms with Crippen LogP contribution in [0.4, 0.5) is 0 Å². The van der Waals surface area contributed by atoms with Gasteiger partial charge in [0.05, 0.1) is 31.3 Å². The molecule has 4 atom stereocenters. The number of hydrogen-bond acceptors (Lipinski definition) is 10. The molecule has 1 aliphatic rings. The predicted molar refractivity (Wildman–Crippen MR) is 116 cm³/mol. The molecule has 33 heavy (non-hydrogen) atoms. The molecule has 0 aliphatic carbocycles. The van der Waals surface area contributed by atoms with Crippen LogP contribution in [0.25, 0.3) is 0 Å². The normalized spacial score (nSPS) is 23.7. The molecule has 0 aromatic heterocycles. The molecular formula is C21H24O10S2. The Hall–Kier alpha value is -2.35. The van der Waals surface area contributed by atoms with Crippen molar-refractivity contribution in [2.24, 2.45) is 0 Å². The van der Waals surface area contributed by atoms with E-state index < -0.39 is 50.8 Å². The van der Waals surface area contributed by atoms with E-state index in [1.807, 2.05) is 6.07 Å². The van der Waals surface area contributed by atoms with Gasteiger partial charge in [0.15, 0.2) is 18.5 Å². The van der Waals surface area contributed by atoms with Crippen LogP contribution >= 0.6 is 0 Å². The lowest BCUT2D eigenvalue weighted by Crippen LogP contribution is -2.58. The van der Waals surface area contributed by atoms with E-state index >= 15 is 0 Å².